The molecule has 1 saturated heterocycles. The van der Waals surface area contributed by atoms with Gasteiger partial charge in [0.05, 0.1) is 5.60 Å². The summed E-state index contributed by atoms with van der Waals surface area (Å²) >= 11 is 0. The molecule has 1 spiro atoms. The summed E-state index contributed by atoms with van der Waals surface area (Å²) in [6.45, 7) is 3.68. The van der Waals surface area contributed by atoms with Gasteiger partial charge in [0.2, 0.25) is 5.91 Å². The first-order chi connectivity index (χ1) is 13.1. The maximum Gasteiger partial charge on any atom is 0.225 e. The van der Waals surface area contributed by atoms with Crippen molar-refractivity contribution in [3.05, 3.63) is 29.8 Å². The lowest BCUT2D eigenvalue weighted by Crippen LogP contribution is -2.50. The molecule has 2 saturated carbocycles. The van der Waals surface area contributed by atoms with E-state index in [1.165, 1.54) is 11.3 Å². The predicted molar refractivity (Wildman–Crippen MR) is 107 cm³/mol. The molecular weight excluding hydrogens is 336 g/mol. The fraction of sp³-hybridized carbons (Fsp3) is 0.696. The van der Waals surface area contributed by atoms with Gasteiger partial charge in [-0.1, -0.05) is 18.2 Å². The number of para-hydroxylation sites is 1. The zero-order valence-corrected chi connectivity index (χ0v) is 16.3. The van der Waals surface area contributed by atoms with Gasteiger partial charge in [-0.3, -0.25) is 4.79 Å². The van der Waals surface area contributed by atoms with E-state index >= 15 is 0 Å². The number of fused-ring (bicyclic) bond motifs is 1. The minimum atomic E-state index is -0.552. The molecule has 2 heterocycles. The van der Waals surface area contributed by atoms with E-state index in [9.17, 15) is 9.90 Å². The number of piperidine rings is 1. The van der Waals surface area contributed by atoms with E-state index in [-0.39, 0.29) is 0 Å². The van der Waals surface area contributed by atoms with Crippen LogP contribution < -0.4 is 4.90 Å². The maximum absolute atomic E-state index is 12.3. The highest BCUT2D eigenvalue weighted by molar-refractivity contribution is 5.81. The van der Waals surface area contributed by atoms with E-state index in [0.717, 1.165) is 84.0 Å². The van der Waals surface area contributed by atoms with E-state index in [2.05, 4.69) is 34.1 Å². The summed E-state index contributed by atoms with van der Waals surface area (Å²) in [7, 11) is 0. The third-order valence-electron chi connectivity index (χ3n) is 7.77. The molecule has 4 aliphatic rings. The molecule has 5 rings (SSSR count). The Hall–Kier alpha value is -1.55. The number of carbonyl (C=O) groups excluding carboxylic acids is 1. The van der Waals surface area contributed by atoms with Crippen molar-refractivity contribution in [2.45, 2.75) is 63.4 Å². The molecule has 27 heavy (non-hydrogen) atoms. The number of hydrogen-bond acceptors (Lipinski definition) is 3. The standard InChI is InChI=1S/C23H32N2O2/c26-21(19-5-6-19)24-15-12-22(13-16-24)8-10-23(27,11-9-22)17-25-14-7-18-3-1-2-4-20(18)25/h1-4,19,27H,5-17H2. The molecule has 0 radical (unpaired) electrons. The molecule has 1 amide bonds. The largest absolute Gasteiger partial charge is 0.388 e. The van der Waals surface area contributed by atoms with Gasteiger partial charge in [0, 0.05) is 37.8 Å². The number of amides is 1. The Balaban J connectivity index is 1.17. The molecule has 146 valence electrons. The van der Waals surface area contributed by atoms with E-state index in [0.29, 0.717) is 17.2 Å². The van der Waals surface area contributed by atoms with Crippen molar-refractivity contribution in [3.63, 3.8) is 0 Å². The monoisotopic (exact) mass is 368 g/mol. The van der Waals surface area contributed by atoms with Crippen molar-refractivity contribution < 1.29 is 9.90 Å². The molecule has 1 aromatic rings. The summed E-state index contributed by atoms with van der Waals surface area (Å²) in [4.78, 5) is 16.8. The molecule has 3 fully saturated rings. The van der Waals surface area contributed by atoms with Crippen LogP contribution in [0, 0.1) is 11.3 Å². The Morgan fingerprint density at radius 3 is 2.41 bits per heavy atom. The fourth-order valence-corrected chi connectivity index (χ4v) is 5.62. The summed E-state index contributed by atoms with van der Waals surface area (Å²) < 4.78 is 0. The van der Waals surface area contributed by atoms with E-state index in [1.54, 1.807) is 0 Å². The third-order valence-corrected chi connectivity index (χ3v) is 7.77. The first kappa shape index (κ1) is 17.5. The molecule has 4 nitrogen and oxygen atoms in total. The van der Waals surface area contributed by atoms with Crippen LogP contribution in [0.5, 0.6) is 0 Å². The van der Waals surface area contributed by atoms with Crippen LogP contribution in [0.4, 0.5) is 5.69 Å². The molecule has 1 aromatic carbocycles. The van der Waals surface area contributed by atoms with Crippen molar-refractivity contribution in [1.82, 2.24) is 4.90 Å². The molecule has 2 aliphatic heterocycles. The Morgan fingerprint density at radius 1 is 1.00 bits per heavy atom. The maximum atomic E-state index is 12.3. The Kier molecular flexibility index (Phi) is 4.23. The second kappa shape index (κ2) is 6.51. The number of anilines is 1. The topological polar surface area (TPSA) is 43.8 Å². The number of aliphatic hydroxyl groups is 1. The van der Waals surface area contributed by atoms with Crippen LogP contribution in [0.15, 0.2) is 24.3 Å². The summed E-state index contributed by atoms with van der Waals surface area (Å²) in [5.41, 5.74) is 2.55. The second-order valence-electron chi connectivity index (χ2n) is 9.62. The van der Waals surface area contributed by atoms with Gasteiger partial charge in [0.15, 0.2) is 0 Å². The number of benzene rings is 1. The zero-order chi connectivity index (χ0) is 18.5. The van der Waals surface area contributed by atoms with Crippen LogP contribution in [-0.4, -0.2) is 47.7 Å². The average molecular weight is 369 g/mol. The Labute approximate surface area is 162 Å². The van der Waals surface area contributed by atoms with Gasteiger partial charge in [-0.15, -0.1) is 0 Å². The predicted octanol–water partition coefficient (Wildman–Crippen LogP) is 3.37. The number of nitrogens with zero attached hydrogens (tertiary/aromatic N) is 2. The van der Waals surface area contributed by atoms with Gasteiger partial charge in [-0.25, -0.2) is 0 Å². The zero-order valence-electron chi connectivity index (χ0n) is 16.3. The van der Waals surface area contributed by atoms with Crippen LogP contribution in [0.3, 0.4) is 0 Å². The number of β-amino-alcohol motifs (C(OH)–C–C–N with tert-alkyl or cyclic N) is 1. The minimum absolute atomic E-state index is 0.346. The molecule has 2 aliphatic carbocycles. The highest BCUT2D eigenvalue weighted by Gasteiger charge is 2.45. The van der Waals surface area contributed by atoms with Gasteiger partial charge < -0.3 is 14.9 Å². The van der Waals surface area contributed by atoms with Crippen molar-refractivity contribution in [2.24, 2.45) is 11.3 Å². The molecule has 1 N–H and O–H groups in total. The van der Waals surface area contributed by atoms with E-state index in [1.807, 2.05) is 0 Å². The fourth-order valence-electron chi connectivity index (χ4n) is 5.62. The normalized spacial score (nSPS) is 26.3. The lowest BCUT2D eigenvalue weighted by Gasteiger charge is -2.49. The highest BCUT2D eigenvalue weighted by atomic mass is 16.3. The molecule has 0 unspecified atom stereocenters. The molecule has 0 aromatic heterocycles. The second-order valence-corrected chi connectivity index (χ2v) is 9.62. The van der Waals surface area contributed by atoms with Crippen LogP contribution >= 0.6 is 0 Å². The van der Waals surface area contributed by atoms with Crippen LogP contribution in [0.25, 0.3) is 0 Å². The van der Waals surface area contributed by atoms with Crippen LogP contribution in [0.2, 0.25) is 0 Å². The lowest BCUT2D eigenvalue weighted by atomic mass is 9.64. The third kappa shape index (κ3) is 3.37. The summed E-state index contributed by atoms with van der Waals surface area (Å²) in [6.07, 6.45) is 9.61. The SMILES string of the molecule is O=C(C1CC1)N1CCC2(CC1)CCC(O)(CN1CCc3ccccc31)CC2. The van der Waals surface area contributed by atoms with Crippen molar-refractivity contribution in [2.75, 3.05) is 31.1 Å². The summed E-state index contributed by atoms with van der Waals surface area (Å²) in [5, 5.41) is 11.3. The minimum Gasteiger partial charge on any atom is -0.388 e. The lowest BCUT2D eigenvalue weighted by molar-refractivity contribution is -0.136. The number of hydrogen-bond donors (Lipinski definition) is 1. The summed E-state index contributed by atoms with van der Waals surface area (Å²) in [6, 6.07) is 8.63. The van der Waals surface area contributed by atoms with Gasteiger partial charge in [0.1, 0.15) is 0 Å². The molecule has 4 heteroatoms. The Morgan fingerprint density at radius 2 is 1.70 bits per heavy atom. The van der Waals surface area contributed by atoms with Gasteiger partial charge in [0.25, 0.3) is 0 Å². The van der Waals surface area contributed by atoms with Crippen molar-refractivity contribution >= 4 is 11.6 Å². The molecule has 0 bridgehead atoms. The smallest absolute Gasteiger partial charge is 0.225 e. The van der Waals surface area contributed by atoms with Gasteiger partial charge in [-0.05, 0) is 74.8 Å². The number of carbonyl (C=O) groups is 1. The molecule has 0 atom stereocenters. The first-order valence-electron chi connectivity index (χ1n) is 10.9. The summed E-state index contributed by atoms with van der Waals surface area (Å²) in [5.74, 6) is 0.753. The van der Waals surface area contributed by atoms with Crippen LogP contribution in [-0.2, 0) is 11.2 Å². The van der Waals surface area contributed by atoms with Gasteiger partial charge >= 0.3 is 0 Å². The van der Waals surface area contributed by atoms with E-state index < -0.39 is 5.60 Å². The van der Waals surface area contributed by atoms with Crippen LogP contribution in [0.1, 0.15) is 56.9 Å². The Bertz CT molecular complexity index is 709. The average Bonchev–Trinajstić information content (AvgIpc) is 3.47. The highest BCUT2D eigenvalue weighted by Crippen LogP contribution is 2.48. The van der Waals surface area contributed by atoms with Gasteiger partial charge in [-0.2, -0.15) is 0 Å². The number of rotatable bonds is 3. The van der Waals surface area contributed by atoms with E-state index in [4.69, 9.17) is 0 Å². The number of likely N-dealkylation sites (tertiary alicyclic amines) is 1. The quantitative estimate of drug-likeness (QED) is 0.890. The van der Waals surface area contributed by atoms with Crippen molar-refractivity contribution in [3.8, 4) is 0 Å². The van der Waals surface area contributed by atoms with Crippen molar-refractivity contribution in [1.29, 1.82) is 0 Å². The first-order valence-corrected chi connectivity index (χ1v) is 10.9. The molecular formula is C23H32N2O2.